The highest BCUT2D eigenvalue weighted by atomic mass is 32.1. The minimum absolute atomic E-state index is 0.0152. The molecule has 0 saturated carbocycles. The van der Waals surface area contributed by atoms with Gasteiger partial charge in [0.05, 0.1) is 0 Å². The summed E-state index contributed by atoms with van der Waals surface area (Å²) in [5.41, 5.74) is 1.43. The number of amides is 2. The highest BCUT2D eigenvalue weighted by molar-refractivity contribution is 7.80. The van der Waals surface area contributed by atoms with E-state index in [4.69, 9.17) is 12.2 Å². The van der Waals surface area contributed by atoms with E-state index in [0.717, 1.165) is 24.9 Å². The Bertz CT molecular complexity index is 576. The fraction of sp³-hybridized carbons (Fsp3) is 0.526. The molecule has 138 valence electrons. The van der Waals surface area contributed by atoms with Crippen LogP contribution in [-0.4, -0.2) is 16.9 Å². The smallest absolute Gasteiger partial charge is 0.226 e. The quantitative estimate of drug-likeness (QED) is 0.420. The van der Waals surface area contributed by atoms with Crippen LogP contribution in [0.1, 0.15) is 65.2 Å². The molecule has 25 heavy (non-hydrogen) atoms. The number of hydrogen-bond donors (Lipinski definition) is 3. The highest BCUT2D eigenvalue weighted by Crippen LogP contribution is 2.15. The first-order chi connectivity index (χ1) is 12.0. The number of carbonyl (C=O) groups excluding carboxylic acids is 2. The summed E-state index contributed by atoms with van der Waals surface area (Å²) in [4.78, 5) is 23.5. The van der Waals surface area contributed by atoms with Crippen LogP contribution in [0.15, 0.2) is 24.3 Å². The normalized spacial score (nSPS) is 10.2. The Labute approximate surface area is 156 Å². The van der Waals surface area contributed by atoms with Crippen LogP contribution in [0.2, 0.25) is 0 Å². The topological polar surface area (TPSA) is 70.2 Å². The summed E-state index contributed by atoms with van der Waals surface area (Å²) < 4.78 is 0. The molecule has 0 spiro atoms. The van der Waals surface area contributed by atoms with Gasteiger partial charge >= 0.3 is 0 Å². The zero-order chi connectivity index (χ0) is 18.5. The molecule has 0 heterocycles. The standard InChI is InChI=1S/C19H29N3O2S/c1-3-5-6-7-8-13-18(24)22-19(25)21-16-12-9-11-15(14-16)20-17(23)10-4-2/h9,11-12,14H,3-8,10,13H2,1-2H3,(H,20,23)(H2,21,22,24,25). The lowest BCUT2D eigenvalue weighted by molar-refractivity contribution is -0.119. The molecule has 0 aliphatic heterocycles. The number of unbranched alkanes of at least 4 members (excludes halogenated alkanes) is 4. The second-order valence-corrected chi connectivity index (χ2v) is 6.45. The molecule has 0 fully saturated rings. The van der Waals surface area contributed by atoms with Crippen LogP contribution in [0.3, 0.4) is 0 Å². The molecule has 1 rings (SSSR count). The Kier molecular flexibility index (Phi) is 10.5. The Morgan fingerprint density at radius 2 is 1.56 bits per heavy atom. The minimum atomic E-state index is -0.0681. The molecule has 0 aromatic heterocycles. The Morgan fingerprint density at radius 1 is 0.880 bits per heavy atom. The van der Waals surface area contributed by atoms with Gasteiger partial charge < -0.3 is 16.0 Å². The van der Waals surface area contributed by atoms with Crippen LogP contribution in [0.4, 0.5) is 11.4 Å². The second kappa shape index (κ2) is 12.4. The van der Waals surface area contributed by atoms with Gasteiger partial charge in [-0.05, 0) is 43.3 Å². The van der Waals surface area contributed by atoms with Crippen molar-refractivity contribution in [2.75, 3.05) is 10.6 Å². The van der Waals surface area contributed by atoms with Crippen molar-refractivity contribution in [2.24, 2.45) is 0 Å². The molecule has 6 heteroatoms. The molecule has 0 unspecified atom stereocenters. The number of rotatable bonds is 10. The molecule has 0 aliphatic rings. The highest BCUT2D eigenvalue weighted by Gasteiger charge is 2.06. The van der Waals surface area contributed by atoms with Gasteiger partial charge in [0.25, 0.3) is 0 Å². The van der Waals surface area contributed by atoms with Crippen molar-refractivity contribution in [1.29, 1.82) is 0 Å². The summed E-state index contributed by atoms with van der Waals surface area (Å²) in [7, 11) is 0. The zero-order valence-electron chi connectivity index (χ0n) is 15.2. The van der Waals surface area contributed by atoms with Gasteiger partial charge in [-0.15, -0.1) is 0 Å². The number of carbonyl (C=O) groups is 2. The van der Waals surface area contributed by atoms with E-state index in [1.165, 1.54) is 19.3 Å². The SMILES string of the molecule is CCCCCCCC(=O)NC(=S)Nc1cccc(NC(=O)CCC)c1. The van der Waals surface area contributed by atoms with Crippen molar-refractivity contribution in [2.45, 2.75) is 65.2 Å². The minimum Gasteiger partial charge on any atom is -0.332 e. The van der Waals surface area contributed by atoms with Gasteiger partial charge in [-0.1, -0.05) is 45.6 Å². The van der Waals surface area contributed by atoms with Gasteiger partial charge in [-0.3, -0.25) is 9.59 Å². The van der Waals surface area contributed by atoms with Gasteiger partial charge in [0.1, 0.15) is 0 Å². The summed E-state index contributed by atoms with van der Waals surface area (Å²) in [5.74, 6) is -0.0833. The molecule has 0 bridgehead atoms. The lowest BCUT2D eigenvalue weighted by Crippen LogP contribution is -2.33. The molecule has 2 amide bonds. The van der Waals surface area contributed by atoms with Crippen molar-refractivity contribution in [3.05, 3.63) is 24.3 Å². The summed E-state index contributed by atoms with van der Waals surface area (Å²) in [5, 5.41) is 8.78. The van der Waals surface area contributed by atoms with Crippen molar-refractivity contribution >= 4 is 40.5 Å². The Hall–Kier alpha value is -1.95. The molecule has 0 saturated heterocycles. The van der Waals surface area contributed by atoms with Crippen LogP contribution in [-0.2, 0) is 9.59 Å². The number of benzene rings is 1. The van der Waals surface area contributed by atoms with Crippen molar-refractivity contribution < 1.29 is 9.59 Å². The molecular formula is C19H29N3O2S. The molecule has 3 N–H and O–H groups in total. The van der Waals surface area contributed by atoms with Crippen LogP contribution in [0.25, 0.3) is 0 Å². The molecule has 0 radical (unpaired) electrons. The predicted molar refractivity (Wildman–Crippen MR) is 108 cm³/mol. The van der Waals surface area contributed by atoms with Gasteiger partial charge in [0, 0.05) is 24.2 Å². The first kappa shape index (κ1) is 21.1. The molecule has 1 aromatic rings. The van der Waals surface area contributed by atoms with E-state index < -0.39 is 0 Å². The maximum Gasteiger partial charge on any atom is 0.226 e. The van der Waals surface area contributed by atoms with E-state index in [2.05, 4.69) is 22.9 Å². The number of thiocarbonyl (C=S) groups is 1. The Balaban J connectivity index is 2.38. The van der Waals surface area contributed by atoms with Crippen LogP contribution >= 0.6 is 12.2 Å². The van der Waals surface area contributed by atoms with Crippen molar-refractivity contribution in [3.63, 3.8) is 0 Å². The average molecular weight is 364 g/mol. The van der Waals surface area contributed by atoms with Gasteiger partial charge in [0.15, 0.2) is 5.11 Å². The van der Waals surface area contributed by atoms with Crippen LogP contribution in [0.5, 0.6) is 0 Å². The molecule has 5 nitrogen and oxygen atoms in total. The third kappa shape index (κ3) is 9.82. The lowest BCUT2D eigenvalue weighted by Gasteiger charge is -2.11. The van der Waals surface area contributed by atoms with Crippen molar-refractivity contribution in [1.82, 2.24) is 5.32 Å². The van der Waals surface area contributed by atoms with E-state index >= 15 is 0 Å². The third-order valence-corrected chi connectivity index (χ3v) is 3.85. The summed E-state index contributed by atoms with van der Waals surface area (Å²) in [6.45, 7) is 4.13. The predicted octanol–water partition coefficient (Wildman–Crippen LogP) is 4.60. The van der Waals surface area contributed by atoms with E-state index in [9.17, 15) is 9.59 Å². The molecule has 0 atom stereocenters. The Morgan fingerprint density at radius 3 is 2.24 bits per heavy atom. The van der Waals surface area contributed by atoms with Crippen LogP contribution < -0.4 is 16.0 Å². The largest absolute Gasteiger partial charge is 0.332 e. The lowest BCUT2D eigenvalue weighted by atomic mass is 10.1. The van der Waals surface area contributed by atoms with E-state index in [-0.39, 0.29) is 16.9 Å². The fourth-order valence-electron chi connectivity index (χ4n) is 2.37. The zero-order valence-corrected chi connectivity index (χ0v) is 16.0. The van der Waals surface area contributed by atoms with Crippen LogP contribution in [0, 0.1) is 0 Å². The number of anilines is 2. The summed E-state index contributed by atoms with van der Waals surface area (Å²) in [6, 6.07) is 7.26. The van der Waals surface area contributed by atoms with E-state index in [1.807, 2.05) is 25.1 Å². The van der Waals surface area contributed by atoms with E-state index in [1.54, 1.807) is 6.07 Å². The molecule has 0 aliphatic carbocycles. The third-order valence-electron chi connectivity index (χ3n) is 3.64. The van der Waals surface area contributed by atoms with Gasteiger partial charge in [-0.2, -0.15) is 0 Å². The number of nitrogens with one attached hydrogen (secondary N) is 3. The first-order valence-corrected chi connectivity index (χ1v) is 9.46. The summed E-state index contributed by atoms with van der Waals surface area (Å²) in [6.07, 6.45) is 7.31. The van der Waals surface area contributed by atoms with Gasteiger partial charge in [-0.25, -0.2) is 0 Å². The van der Waals surface area contributed by atoms with Gasteiger partial charge in [0.2, 0.25) is 11.8 Å². The molecule has 1 aromatic carbocycles. The first-order valence-electron chi connectivity index (χ1n) is 9.06. The van der Waals surface area contributed by atoms with E-state index in [0.29, 0.717) is 18.5 Å². The fourth-order valence-corrected chi connectivity index (χ4v) is 2.60. The average Bonchev–Trinajstić information content (AvgIpc) is 2.55. The number of hydrogen-bond acceptors (Lipinski definition) is 3. The maximum atomic E-state index is 11.9. The summed E-state index contributed by atoms with van der Waals surface area (Å²) >= 11 is 5.18. The second-order valence-electron chi connectivity index (χ2n) is 6.05. The maximum absolute atomic E-state index is 11.9. The van der Waals surface area contributed by atoms with Crippen molar-refractivity contribution in [3.8, 4) is 0 Å². The molecular weight excluding hydrogens is 334 g/mol. The monoisotopic (exact) mass is 363 g/mol.